The lowest BCUT2D eigenvalue weighted by molar-refractivity contribution is -0.123. The van der Waals surface area contributed by atoms with Gasteiger partial charge in [0, 0.05) is 6.07 Å². The predicted molar refractivity (Wildman–Crippen MR) is 130 cm³/mol. The molecule has 0 spiro atoms. The Bertz CT molecular complexity index is 1350. The molecule has 0 saturated carbocycles. The number of anilines is 2. The Kier molecular flexibility index (Phi) is 8.62. The van der Waals surface area contributed by atoms with Crippen molar-refractivity contribution in [3.8, 4) is 17.2 Å². The van der Waals surface area contributed by atoms with Crippen LogP contribution in [-0.4, -0.2) is 38.6 Å². The van der Waals surface area contributed by atoms with Crippen molar-refractivity contribution < 1.29 is 31.9 Å². The lowest BCUT2D eigenvalue weighted by atomic mass is 10.2. The molecule has 0 aliphatic carbocycles. The minimum absolute atomic E-state index is 0.0120. The molecule has 1 aromatic heterocycles. The molecule has 10 nitrogen and oxygen atoms in total. The van der Waals surface area contributed by atoms with Crippen LogP contribution in [0.2, 0.25) is 4.34 Å². The van der Waals surface area contributed by atoms with Crippen molar-refractivity contribution in [3.05, 3.63) is 58.3 Å². The summed E-state index contributed by atoms with van der Waals surface area (Å²) >= 11 is 6.94. The number of nitrogens with one attached hydrogen (secondary N) is 3. The maximum absolute atomic E-state index is 13.8. The second-order valence-electron chi connectivity index (χ2n) is 7.00. The van der Waals surface area contributed by atoms with Gasteiger partial charge in [0.1, 0.15) is 16.6 Å². The number of aromatic nitrogens is 1. The van der Waals surface area contributed by atoms with Crippen molar-refractivity contribution in [1.82, 2.24) is 9.71 Å². The number of carbonyl (C=O) groups excluding carboxylic acids is 2. The largest absolute Gasteiger partial charge is 0.493 e. The summed E-state index contributed by atoms with van der Waals surface area (Å²) in [6.45, 7) is -0.149. The lowest BCUT2D eigenvalue weighted by Crippen LogP contribution is -2.22. The van der Waals surface area contributed by atoms with E-state index in [1.807, 2.05) is 0 Å². The van der Waals surface area contributed by atoms with Gasteiger partial charge in [-0.15, -0.1) is 0 Å². The maximum Gasteiger partial charge on any atom is 0.235 e. The zero-order valence-corrected chi connectivity index (χ0v) is 20.8. The van der Waals surface area contributed by atoms with Crippen molar-refractivity contribution in [3.63, 3.8) is 0 Å². The first-order valence-electron chi connectivity index (χ1n) is 9.84. The highest BCUT2D eigenvalue weighted by molar-refractivity contribution is 7.88. The molecule has 0 fully saturated rings. The highest BCUT2D eigenvalue weighted by Crippen LogP contribution is 2.35. The molecular formula is C21H20ClFN4O6S2. The monoisotopic (exact) mass is 542 g/mol. The van der Waals surface area contributed by atoms with E-state index in [0.29, 0.717) is 11.5 Å². The highest BCUT2D eigenvalue weighted by atomic mass is 35.5. The quantitative estimate of drug-likeness (QED) is 0.332. The summed E-state index contributed by atoms with van der Waals surface area (Å²) in [5.74, 6) is -1.26. The fraction of sp³-hybridized carbons (Fsp3) is 0.190. The number of nitrogens with zero attached hydrogens (tertiary/aromatic N) is 1. The summed E-state index contributed by atoms with van der Waals surface area (Å²) in [5, 5.41) is 5.04. The number of thiazole rings is 1. The molecule has 14 heteroatoms. The van der Waals surface area contributed by atoms with Gasteiger partial charge in [-0.05, 0) is 24.3 Å². The zero-order valence-electron chi connectivity index (χ0n) is 18.4. The Morgan fingerprint density at radius 1 is 1.09 bits per heavy atom. The predicted octanol–water partition coefficient (Wildman–Crippen LogP) is 3.75. The van der Waals surface area contributed by atoms with Gasteiger partial charge in [0.2, 0.25) is 21.8 Å². The normalized spacial score (nSPS) is 11.1. The molecule has 0 radical (unpaired) electrons. The summed E-state index contributed by atoms with van der Waals surface area (Å²) in [6.07, 6.45) is 0.405. The molecular weight excluding hydrogens is 523 g/mol. The van der Waals surface area contributed by atoms with Crippen LogP contribution < -0.4 is 24.8 Å². The summed E-state index contributed by atoms with van der Waals surface area (Å²) < 4.78 is 49.6. The Balaban J connectivity index is 1.64. The molecule has 0 aliphatic rings. The van der Waals surface area contributed by atoms with E-state index in [1.165, 1.54) is 13.2 Å². The third kappa shape index (κ3) is 7.89. The van der Waals surface area contributed by atoms with E-state index >= 15 is 0 Å². The van der Waals surface area contributed by atoms with Crippen LogP contribution in [0.15, 0.2) is 42.5 Å². The van der Waals surface area contributed by atoms with E-state index in [0.717, 1.165) is 29.7 Å². The van der Waals surface area contributed by atoms with E-state index in [9.17, 15) is 22.4 Å². The average molecular weight is 543 g/mol. The number of carbonyl (C=O) groups is 2. The number of methoxy groups -OCH3 is 1. The fourth-order valence-electron chi connectivity index (χ4n) is 2.70. The van der Waals surface area contributed by atoms with Crippen molar-refractivity contribution >= 4 is 55.6 Å². The smallest absolute Gasteiger partial charge is 0.235 e. The Morgan fingerprint density at radius 3 is 2.46 bits per heavy atom. The summed E-state index contributed by atoms with van der Waals surface area (Å²) in [4.78, 5) is 28.8. The fourth-order valence-corrected chi connectivity index (χ4v) is 4.16. The number of halogens is 2. The van der Waals surface area contributed by atoms with Crippen molar-refractivity contribution in [1.29, 1.82) is 0 Å². The second kappa shape index (κ2) is 11.4. The molecule has 3 N–H and O–H groups in total. The van der Waals surface area contributed by atoms with Gasteiger partial charge in [0.25, 0.3) is 0 Å². The molecule has 0 saturated heterocycles. The number of amides is 2. The van der Waals surface area contributed by atoms with E-state index in [4.69, 9.17) is 21.1 Å². The molecule has 2 aromatic carbocycles. The van der Waals surface area contributed by atoms with Crippen LogP contribution in [0.5, 0.6) is 17.2 Å². The van der Waals surface area contributed by atoms with E-state index < -0.39 is 34.1 Å². The Labute approximate surface area is 209 Å². The Hall–Kier alpha value is -3.26. The molecule has 1 heterocycles. The number of benzene rings is 2. The van der Waals surface area contributed by atoms with Crippen LogP contribution >= 0.6 is 22.9 Å². The molecule has 0 aliphatic heterocycles. The molecule has 35 heavy (non-hydrogen) atoms. The molecule has 2 amide bonds. The van der Waals surface area contributed by atoms with Gasteiger partial charge in [-0.25, -0.2) is 22.5 Å². The van der Waals surface area contributed by atoms with Crippen LogP contribution in [0, 0.1) is 5.82 Å². The lowest BCUT2D eigenvalue weighted by Gasteiger charge is -2.14. The van der Waals surface area contributed by atoms with Gasteiger partial charge in [-0.1, -0.05) is 35.1 Å². The zero-order chi connectivity index (χ0) is 25.6. The van der Waals surface area contributed by atoms with Crippen LogP contribution in [0.4, 0.5) is 15.2 Å². The number of hydrogen-bond acceptors (Lipinski definition) is 8. The average Bonchev–Trinajstić information content (AvgIpc) is 3.12. The van der Waals surface area contributed by atoms with Gasteiger partial charge >= 0.3 is 0 Å². The molecule has 0 unspecified atom stereocenters. The highest BCUT2D eigenvalue weighted by Gasteiger charge is 2.17. The van der Waals surface area contributed by atoms with Crippen molar-refractivity contribution in [2.24, 2.45) is 0 Å². The van der Waals surface area contributed by atoms with Crippen molar-refractivity contribution in [2.75, 3.05) is 24.0 Å². The number of hydrogen-bond donors (Lipinski definition) is 3. The first-order chi connectivity index (χ1) is 16.5. The molecule has 3 rings (SSSR count). The van der Waals surface area contributed by atoms with Gasteiger partial charge in [-0.2, -0.15) is 0 Å². The van der Waals surface area contributed by atoms with Crippen LogP contribution in [-0.2, 0) is 26.2 Å². The molecule has 3 aromatic rings. The van der Waals surface area contributed by atoms with Crippen LogP contribution in [0.1, 0.15) is 12.1 Å². The maximum atomic E-state index is 13.8. The second-order valence-corrected chi connectivity index (χ2v) is 10.4. The SMILES string of the molecule is COc1ccccc1Oc1cc(F)ccc1NC(=O)CC(=O)Nc1nc(CNS(C)(=O)=O)c(Cl)s1. The van der Waals surface area contributed by atoms with Gasteiger partial charge in [0.05, 0.1) is 31.3 Å². The van der Waals surface area contributed by atoms with Crippen molar-refractivity contribution in [2.45, 2.75) is 13.0 Å². The van der Waals surface area contributed by atoms with Crippen LogP contribution in [0.3, 0.4) is 0 Å². The third-order valence-corrected chi connectivity index (χ3v) is 6.15. The summed E-state index contributed by atoms with van der Waals surface area (Å²) in [7, 11) is -2.00. The van der Waals surface area contributed by atoms with Gasteiger partial charge < -0.3 is 20.1 Å². The van der Waals surface area contributed by atoms with E-state index in [2.05, 4.69) is 20.3 Å². The molecule has 0 bridgehead atoms. The van der Waals surface area contributed by atoms with Gasteiger partial charge in [-0.3, -0.25) is 9.59 Å². The van der Waals surface area contributed by atoms with E-state index in [1.54, 1.807) is 24.3 Å². The minimum Gasteiger partial charge on any atom is -0.493 e. The minimum atomic E-state index is -3.45. The number of para-hydroxylation sites is 2. The number of rotatable bonds is 10. The number of sulfonamides is 1. The van der Waals surface area contributed by atoms with Crippen LogP contribution in [0.25, 0.3) is 0 Å². The molecule has 186 valence electrons. The summed E-state index contributed by atoms with van der Waals surface area (Å²) in [5.41, 5.74) is 0.368. The number of ether oxygens (including phenoxy) is 2. The third-order valence-electron chi connectivity index (χ3n) is 4.23. The van der Waals surface area contributed by atoms with Gasteiger partial charge in [0.15, 0.2) is 22.4 Å². The first-order valence-corrected chi connectivity index (χ1v) is 12.9. The standard InChI is InChI=1S/C21H20ClFN4O6S2/c1-32-15-5-3-4-6-16(15)33-17-9-12(23)7-8-13(17)25-18(28)10-19(29)27-21-26-14(20(22)34-21)11-24-35(2,30)31/h3-9,24H,10-11H2,1-2H3,(H,25,28)(H,26,27,29). The van der Waals surface area contributed by atoms with E-state index in [-0.39, 0.29) is 33.1 Å². The first kappa shape index (κ1) is 26.3. The Morgan fingerprint density at radius 2 is 1.77 bits per heavy atom. The summed E-state index contributed by atoms with van der Waals surface area (Å²) in [6, 6.07) is 10.2. The molecule has 0 atom stereocenters. The topological polar surface area (TPSA) is 136 Å².